The van der Waals surface area contributed by atoms with E-state index in [4.69, 9.17) is 11.6 Å². The van der Waals surface area contributed by atoms with Crippen molar-refractivity contribution in [2.75, 3.05) is 5.32 Å². The van der Waals surface area contributed by atoms with Gasteiger partial charge in [-0.25, -0.2) is 10.2 Å². The molecule has 21 heavy (non-hydrogen) atoms. The number of carbonyl (C=O) groups excluding carboxylic acids is 1. The molecule has 2 amide bonds. The number of hydrogen-bond donors (Lipinski definition) is 2. The van der Waals surface area contributed by atoms with Crippen molar-refractivity contribution in [1.29, 1.82) is 0 Å². The zero-order valence-corrected chi connectivity index (χ0v) is 12.6. The van der Waals surface area contributed by atoms with E-state index in [2.05, 4.69) is 15.8 Å². The van der Waals surface area contributed by atoms with Crippen molar-refractivity contribution in [3.8, 4) is 0 Å². The van der Waals surface area contributed by atoms with Gasteiger partial charge in [-0.05, 0) is 43.7 Å². The van der Waals surface area contributed by atoms with Crippen LogP contribution in [-0.4, -0.2) is 11.7 Å². The minimum atomic E-state index is -0.399. The van der Waals surface area contributed by atoms with E-state index in [0.29, 0.717) is 10.7 Å². The second-order valence-corrected chi connectivity index (χ2v) is 5.07. The molecule has 0 aromatic heterocycles. The van der Waals surface area contributed by atoms with Gasteiger partial charge in [0.15, 0.2) is 0 Å². The van der Waals surface area contributed by atoms with Crippen molar-refractivity contribution in [3.63, 3.8) is 0 Å². The molecule has 0 aliphatic rings. The molecule has 0 saturated heterocycles. The van der Waals surface area contributed by atoms with Crippen LogP contribution in [0.2, 0.25) is 5.02 Å². The largest absolute Gasteiger partial charge is 0.339 e. The molecule has 0 aliphatic carbocycles. The van der Waals surface area contributed by atoms with E-state index < -0.39 is 6.03 Å². The normalized spacial score (nSPS) is 11.1. The maximum absolute atomic E-state index is 11.7. The van der Waals surface area contributed by atoms with Crippen molar-refractivity contribution in [2.24, 2.45) is 5.10 Å². The van der Waals surface area contributed by atoms with Crippen LogP contribution in [0, 0.1) is 6.92 Å². The summed E-state index contributed by atoms with van der Waals surface area (Å²) in [6.07, 6.45) is 0. The van der Waals surface area contributed by atoms with Crippen LogP contribution in [0.4, 0.5) is 10.5 Å². The zero-order valence-electron chi connectivity index (χ0n) is 11.9. The Morgan fingerprint density at radius 1 is 1.05 bits per heavy atom. The molecular weight excluding hydrogens is 286 g/mol. The number of hydrazone groups is 1. The smallest absolute Gasteiger partial charge is 0.307 e. The number of hydrogen-bond acceptors (Lipinski definition) is 2. The van der Waals surface area contributed by atoms with Crippen molar-refractivity contribution in [3.05, 3.63) is 64.7 Å². The molecule has 0 unspecified atom stereocenters. The van der Waals surface area contributed by atoms with E-state index in [0.717, 1.165) is 11.3 Å². The summed E-state index contributed by atoms with van der Waals surface area (Å²) in [5.41, 5.74) is 6.00. The van der Waals surface area contributed by atoms with Crippen LogP contribution in [-0.2, 0) is 0 Å². The number of urea groups is 1. The lowest BCUT2D eigenvalue weighted by molar-refractivity contribution is 0.252. The van der Waals surface area contributed by atoms with Gasteiger partial charge in [0, 0.05) is 10.7 Å². The third-order valence-electron chi connectivity index (χ3n) is 2.90. The molecule has 0 saturated carbocycles. The molecule has 0 atom stereocenters. The highest BCUT2D eigenvalue weighted by Gasteiger charge is 2.01. The maximum atomic E-state index is 11.7. The third kappa shape index (κ3) is 4.61. The van der Waals surface area contributed by atoms with Gasteiger partial charge in [0.1, 0.15) is 0 Å². The molecule has 2 aromatic rings. The lowest BCUT2D eigenvalue weighted by atomic mass is 10.1. The molecule has 0 spiro atoms. The number of aryl methyl sites for hydroxylation is 1. The number of nitrogens with one attached hydrogen (secondary N) is 2. The molecule has 108 valence electrons. The Labute approximate surface area is 128 Å². The summed E-state index contributed by atoms with van der Waals surface area (Å²) in [5.74, 6) is 0. The Morgan fingerprint density at radius 2 is 1.67 bits per heavy atom. The maximum Gasteiger partial charge on any atom is 0.339 e. The summed E-state index contributed by atoms with van der Waals surface area (Å²) in [7, 11) is 0. The SMILES string of the molecule is C/C(=N\NC(=O)Nc1ccc(Cl)cc1)c1ccc(C)cc1. The lowest BCUT2D eigenvalue weighted by Crippen LogP contribution is -2.25. The summed E-state index contributed by atoms with van der Waals surface area (Å²) < 4.78 is 0. The van der Waals surface area contributed by atoms with Crippen LogP contribution >= 0.6 is 11.6 Å². The summed E-state index contributed by atoms with van der Waals surface area (Å²) >= 11 is 5.78. The Morgan fingerprint density at radius 3 is 2.29 bits per heavy atom. The van der Waals surface area contributed by atoms with Crippen LogP contribution in [0.5, 0.6) is 0 Å². The standard InChI is InChI=1S/C16H16ClN3O/c1-11-3-5-13(6-4-11)12(2)19-20-16(21)18-15-9-7-14(17)8-10-15/h3-10H,1-2H3,(H2,18,20,21)/b19-12+. The van der Waals surface area contributed by atoms with Crippen molar-refractivity contribution < 1.29 is 4.79 Å². The summed E-state index contributed by atoms with van der Waals surface area (Å²) in [4.78, 5) is 11.7. The first kappa shape index (κ1) is 15.1. The first-order valence-corrected chi connectivity index (χ1v) is 6.86. The quantitative estimate of drug-likeness (QED) is 0.648. The number of anilines is 1. The lowest BCUT2D eigenvalue weighted by Gasteiger charge is -2.06. The molecule has 0 radical (unpaired) electrons. The zero-order chi connectivity index (χ0) is 15.2. The van der Waals surface area contributed by atoms with E-state index in [9.17, 15) is 4.79 Å². The molecule has 2 aromatic carbocycles. The Balaban J connectivity index is 1.94. The fourth-order valence-electron chi connectivity index (χ4n) is 1.69. The Kier molecular flexibility index (Phi) is 4.95. The topological polar surface area (TPSA) is 53.5 Å². The van der Waals surface area contributed by atoms with Gasteiger partial charge in [-0.1, -0.05) is 41.4 Å². The third-order valence-corrected chi connectivity index (χ3v) is 3.15. The van der Waals surface area contributed by atoms with Gasteiger partial charge in [0.25, 0.3) is 0 Å². The van der Waals surface area contributed by atoms with E-state index in [1.165, 1.54) is 5.56 Å². The monoisotopic (exact) mass is 301 g/mol. The van der Waals surface area contributed by atoms with Crippen LogP contribution < -0.4 is 10.7 Å². The van der Waals surface area contributed by atoms with Crippen molar-refractivity contribution >= 4 is 29.0 Å². The molecule has 0 aliphatic heterocycles. The second-order valence-electron chi connectivity index (χ2n) is 4.64. The van der Waals surface area contributed by atoms with E-state index in [1.54, 1.807) is 24.3 Å². The highest BCUT2D eigenvalue weighted by Crippen LogP contribution is 2.13. The van der Waals surface area contributed by atoms with Gasteiger partial charge in [-0.15, -0.1) is 0 Å². The average Bonchev–Trinajstić information content (AvgIpc) is 2.48. The van der Waals surface area contributed by atoms with Gasteiger partial charge in [-0.3, -0.25) is 0 Å². The molecule has 0 bridgehead atoms. The minimum absolute atomic E-state index is 0.399. The number of nitrogens with zero attached hydrogens (tertiary/aromatic N) is 1. The predicted octanol–water partition coefficient (Wildman–Crippen LogP) is 4.19. The number of halogens is 1. The fourth-order valence-corrected chi connectivity index (χ4v) is 1.81. The highest BCUT2D eigenvalue weighted by molar-refractivity contribution is 6.30. The summed E-state index contributed by atoms with van der Waals surface area (Å²) in [6, 6.07) is 14.4. The van der Waals surface area contributed by atoms with E-state index in [-0.39, 0.29) is 0 Å². The van der Waals surface area contributed by atoms with Gasteiger partial charge in [0.2, 0.25) is 0 Å². The summed E-state index contributed by atoms with van der Waals surface area (Å²) in [5, 5.41) is 7.36. The van der Waals surface area contributed by atoms with E-state index >= 15 is 0 Å². The summed E-state index contributed by atoms with van der Waals surface area (Å²) in [6.45, 7) is 3.86. The molecule has 4 nitrogen and oxygen atoms in total. The van der Waals surface area contributed by atoms with E-state index in [1.807, 2.05) is 38.1 Å². The number of amides is 2. The van der Waals surface area contributed by atoms with Gasteiger partial charge >= 0.3 is 6.03 Å². The first-order chi connectivity index (χ1) is 10.0. The van der Waals surface area contributed by atoms with Gasteiger partial charge in [-0.2, -0.15) is 5.10 Å². The second kappa shape index (κ2) is 6.90. The van der Waals surface area contributed by atoms with Crippen LogP contribution in [0.25, 0.3) is 0 Å². The fraction of sp³-hybridized carbons (Fsp3) is 0.125. The molecule has 0 fully saturated rings. The van der Waals surface area contributed by atoms with Crippen LogP contribution in [0.1, 0.15) is 18.1 Å². The number of carbonyl (C=O) groups is 1. The van der Waals surface area contributed by atoms with Crippen LogP contribution in [0.15, 0.2) is 53.6 Å². The molecule has 2 rings (SSSR count). The van der Waals surface area contributed by atoms with Gasteiger partial charge < -0.3 is 5.32 Å². The molecule has 5 heteroatoms. The minimum Gasteiger partial charge on any atom is -0.307 e. The Hall–Kier alpha value is -2.33. The van der Waals surface area contributed by atoms with Crippen molar-refractivity contribution in [1.82, 2.24) is 5.43 Å². The number of rotatable bonds is 3. The van der Waals surface area contributed by atoms with Crippen LogP contribution in [0.3, 0.4) is 0 Å². The van der Waals surface area contributed by atoms with Crippen molar-refractivity contribution in [2.45, 2.75) is 13.8 Å². The highest BCUT2D eigenvalue weighted by atomic mass is 35.5. The first-order valence-electron chi connectivity index (χ1n) is 6.48. The average molecular weight is 302 g/mol. The Bertz CT molecular complexity index is 648. The molecule has 0 heterocycles. The molecular formula is C16H16ClN3O. The molecule has 2 N–H and O–H groups in total. The number of benzene rings is 2. The van der Waals surface area contributed by atoms with Gasteiger partial charge in [0.05, 0.1) is 5.71 Å². The predicted molar refractivity (Wildman–Crippen MR) is 87.0 cm³/mol.